The van der Waals surface area contributed by atoms with Crippen LogP contribution in [0.25, 0.3) is 0 Å². The summed E-state index contributed by atoms with van der Waals surface area (Å²) in [5, 5.41) is 2.73. The highest BCUT2D eigenvalue weighted by atomic mass is 35.5. The number of hydrogen-bond donors (Lipinski definition) is 0. The first kappa shape index (κ1) is 7.95. The zero-order valence-electron chi connectivity index (χ0n) is 6.27. The van der Waals surface area contributed by atoms with Crippen molar-refractivity contribution >= 4 is 29.2 Å². The Morgan fingerprint density at radius 3 is 3.17 bits per heavy atom. The van der Waals surface area contributed by atoms with E-state index in [-0.39, 0.29) is 0 Å². The smallest absolute Gasteiger partial charge is 0.152 e. The molecule has 4 heteroatoms. The molecule has 62 valence electrons. The van der Waals surface area contributed by atoms with Gasteiger partial charge in [-0.25, -0.2) is 4.98 Å². The van der Waals surface area contributed by atoms with Gasteiger partial charge in [0.05, 0.1) is 10.9 Å². The lowest BCUT2D eigenvalue weighted by atomic mass is 10.4. The van der Waals surface area contributed by atoms with E-state index in [0.29, 0.717) is 5.02 Å². The molecule has 12 heavy (non-hydrogen) atoms. The van der Waals surface area contributed by atoms with E-state index in [1.54, 1.807) is 18.0 Å². The van der Waals surface area contributed by atoms with Gasteiger partial charge in [0.15, 0.2) is 5.82 Å². The molecule has 2 nitrogen and oxygen atoms in total. The largest absolute Gasteiger partial charge is 0.321 e. The molecule has 1 aromatic heterocycles. The van der Waals surface area contributed by atoms with Crippen LogP contribution >= 0.6 is 23.4 Å². The van der Waals surface area contributed by atoms with E-state index in [4.69, 9.17) is 11.6 Å². The van der Waals surface area contributed by atoms with Gasteiger partial charge in [-0.05, 0) is 17.5 Å². The summed E-state index contributed by atoms with van der Waals surface area (Å²) in [6.45, 7) is 0. The Kier molecular flexibility index (Phi) is 2.23. The Hall–Kier alpha value is -0.670. The lowest BCUT2D eigenvalue weighted by molar-refractivity contribution is 1.11. The highest BCUT2D eigenvalue weighted by Gasteiger charge is 2.11. The summed E-state index contributed by atoms with van der Waals surface area (Å²) < 4.78 is 0. The van der Waals surface area contributed by atoms with E-state index in [1.807, 2.05) is 28.6 Å². The summed E-state index contributed by atoms with van der Waals surface area (Å²) in [6, 6.07) is 3.68. The third-order valence-electron chi connectivity index (χ3n) is 1.56. The van der Waals surface area contributed by atoms with Crippen molar-refractivity contribution in [1.29, 1.82) is 0 Å². The molecule has 2 heterocycles. The number of halogens is 1. The number of pyridine rings is 1. The van der Waals surface area contributed by atoms with Crippen LogP contribution in [0.3, 0.4) is 0 Å². The SMILES string of the molecule is Clc1cccnc1N1C=CSC1. The quantitative estimate of drug-likeness (QED) is 0.691. The monoisotopic (exact) mass is 198 g/mol. The second-order valence-corrected chi connectivity index (χ2v) is 3.63. The molecule has 0 aliphatic carbocycles. The third-order valence-corrected chi connectivity index (χ3v) is 2.60. The van der Waals surface area contributed by atoms with Gasteiger partial charge >= 0.3 is 0 Å². The molecule has 0 amide bonds. The van der Waals surface area contributed by atoms with Gasteiger partial charge in [0.1, 0.15) is 0 Å². The van der Waals surface area contributed by atoms with E-state index in [2.05, 4.69) is 4.98 Å². The highest BCUT2D eigenvalue weighted by molar-refractivity contribution is 8.02. The predicted octanol–water partition coefficient (Wildman–Crippen LogP) is 2.72. The summed E-state index contributed by atoms with van der Waals surface area (Å²) >= 11 is 7.69. The second kappa shape index (κ2) is 3.37. The highest BCUT2D eigenvalue weighted by Crippen LogP contribution is 2.27. The molecular weight excluding hydrogens is 192 g/mol. The number of rotatable bonds is 1. The fraction of sp³-hybridized carbons (Fsp3) is 0.125. The van der Waals surface area contributed by atoms with Gasteiger partial charge < -0.3 is 4.90 Å². The fourth-order valence-electron chi connectivity index (χ4n) is 1.00. The topological polar surface area (TPSA) is 16.1 Å². The first-order valence-corrected chi connectivity index (χ1v) is 4.96. The zero-order chi connectivity index (χ0) is 8.39. The number of anilines is 1. The zero-order valence-corrected chi connectivity index (χ0v) is 7.85. The van der Waals surface area contributed by atoms with Crippen LogP contribution < -0.4 is 4.90 Å². The average Bonchev–Trinajstić information content (AvgIpc) is 2.57. The van der Waals surface area contributed by atoms with Crippen molar-refractivity contribution in [3.63, 3.8) is 0 Å². The standard InChI is InChI=1S/C8H7ClN2S/c9-7-2-1-3-10-8(7)11-4-5-12-6-11/h1-5H,6H2. The molecule has 1 aromatic rings. The minimum Gasteiger partial charge on any atom is -0.321 e. The van der Waals surface area contributed by atoms with Crippen molar-refractivity contribution < 1.29 is 0 Å². The molecule has 0 spiro atoms. The Morgan fingerprint density at radius 1 is 1.58 bits per heavy atom. The molecule has 0 unspecified atom stereocenters. The third kappa shape index (κ3) is 1.42. The maximum absolute atomic E-state index is 5.96. The number of nitrogens with zero attached hydrogens (tertiary/aromatic N) is 2. The van der Waals surface area contributed by atoms with Crippen LogP contribution in [-0.4, -0.2) is 10.9 Å². The first-order chi connectivity index (χ1) is 5.88. The van der Waals surface area contributed by atoms with Crippen molar-refractivity contribution in [2.24, 2.45) is 0 Å². The number of thioether (sulfide) groups is 1. The molecule has 0 aromatic carbocycles. The Morgan fingerprint density at radius 2 is 2.50 bits per heavy atom. The van der Waals surface area contributed by atoms with Crippen molar-refractivity contribution in [3.05, 3.63) is 35.0 Å². The maximum Gasteiger partial charge on any atom is 0.152 e. The van der Waals surface area contributed by atoms with Gasteiger partial charge in [0, 0.05) is 12.4 Å². The number of hydrogen-bond acceptors (Lipinski definition) is 3. The van der Waals surface area contributed by atoms with E-state index in [0.717, 1.165) is 11.7 Å². The van der Waals surface area contributed by atoms with Gasteiger partial charge in [0.25, 0.3) is 0 Å². The first-order valence-electron chi connectivity index (χ1n) is 3.53. The molecule has 0 bridgehead atoms. The minimum absolute atomic E-state index is 0.699. The van der Waals surface area contributed by atoms with E-state index in [1.165, 1.54) is 0 Å². The molecule has 2 rings (SSSR count). The van der Waals surface area contributed by atoms with Crippen molar-refractivity contribution in [1.82, 2.24) is 4.98 Å². The normalized spacial score (nSPS) is 15.6. The van der Waals surface area contributed by atoms with Crippen LogP contribution in [0, 0.1) is 0 Å². The van der Waals surface area contributed by atoms with Crippen molar-refractivity contribution in [3.8, 4) is 0 Å². The van der Waals surface area contributed by atoms with E-state index in [9.17, 15) is 0 Å². The van der Waals surface area contributed by atoms with Crippen LogP contribution in [0.1, 0.15) is 0 Å². The lowest BCUT2D eigenvalue weighted by Crippen LogP contribution is -2.12. The van der Waals surface area contributed by atoms with Crippen LogP contribution in [0.4, 0.5) is 5.82 Å². The summed E-state index contributed by atoms with van der Waals surface area (Å²) in [4.78, 5) is 6.21. The molecule has 1 aliphatic rings. The van der Waals surface area contributed by atoms with Gasteiger partial charge in [0.2, 0.25) is 0 Å². The van der Waals surface area contributed by atoms with Crippen LogP contribution in [-0.2, 0) is 0 Å². The molecular formula is C8H7ClN2S. The summed E-state index contributed by atoms with van der Waals surface area (Å²) in [5.74, 6) is 1.73. The fourth-order valence-corrected chi connectivity index (χ4v) is 1.92. The second-order valence-electron chi connectivity index (χ2n) is 2.36. The Bertz CT molecular complexity index is 314. The number of aromatic nitrogens is 1. The summed E-state index contributed by atoms with van der Waals surface area (Å²) in [6.07, 6.45) is 3.73. The maximum atomic E-state index is 5.96. The van der Waals surface area contributed by atoms with Gasteiger partial charge in [-0.2, -0.15) is 0 Å². The van der Waals surface area contributed by atoms with Crippen LogP contribution in [0.2, 0.25) is 5.02 Å². The molecule has 1 aliphatic heterocycles. The van der Waals surface area contributed by atoms with E-state index >= 15 is 0 Å². The summed E-state index contributed by atoms with van der Waals surface area (Å²) in [7, 11) is 0. The molecule has 0 atom stereocenters. The summed E-state index contributed by atoms with van der Waals surface area (Å²) in [5.41, 5.74) is 0. The minimum atomic E-state index is 0.699. The van der Waals surface area contributed by atoms with Crippen molar-refractivity contribution in [2.75, 3.05) is 10.8 Å². The molecule has 0 fully saturated rings. The van der Waals surface area contributed by atoms with Crippen LogP contribution in [0.15, 0.2) is 29.9 Å². The lowest BCUT2D eigenvalue weighted by Gasteiger charge is -2.13. The molecule has 0 saturated carbocycles. The van der Waals surface area contributed by atoms with Gasteiger partial charge in [-0.3, -0.25) is 0 Å². The average molecular weight is 199 g/mol. The van der Waals surface area contributed by atoms with Crippen LogP contribution in [0.5, 0.6) is 0 Å². The van der Waals surface area contributed by atoms with Gasteiger partial charge in [-0.15, -0.1) is 11.8 Å². The van der Waals surface area contributed by atoms with Crippen molar-refractivity contribution in [2.45, 2.75) is 0 Å². The predicted molar refractivity (Wildman–Crippen MR) is 53.3 cm³/mol. The molecule has 0 radical (unpaired) electrons. The molecule has 0 N–H and O–H groups in total. The van der Waals surface area contributed by atoms with Gasteiger partial charge in [-0.1, -0.05) is 11.6 Å². The van der Waals surface area contributed by atoms with E-state index < -0.39 is 0 Å². The Balaban J connectivity index is 2.33. The molecule has 0 saturated heterocycles. The Labute approximate surface area is 80.2 Å².